The van der Waals surface area contributed by atoms with Crippen LogP contribution < -0.4 is 0 Å². The van der Waals surface area contributed by atoms with Gasteiger partial charge in [0, 0.05) is 23.7 Å². The molecule has 0 aliphatic carbocycles. The lowest BCUT2D eigenvalue weighted by Gasteiger charge is -2.34. The van der Waals surface area contributed by atoms with Gasteiger partial charge in [0.15, 0.2) is 0 Å². The number of ether oxygens (including phenoxy) is 1. The summed E-state index contributed by atoms with van der Waals surface area (Å²) in [6.45, 7) is 0.919. The number of aromatic nitrogens is 1. The molecule has 0 saturated carbocycles. The van der Waals surface area contributed by atoms with Crippen LogP contribution in [0.4, 0.5) is 0 Å². The number of hydrogen-bond acceptors (Lipinski definition) is 3. The van der Waals surface area contributed by atoms with E-state index in [9.17, 15) is 9.90 Å². The number of H-pyrrole nitrogens is 1. The molecule has 2 aromatic rings. The van der Waals surface area contributed by atoms with Gasteiger partial charge in [0.25, 0.3) is 0 Å². The Bertz CT molecular complexity index is 650. The first-order valence-corrected chi connectivity index (χ1v) is 7.22. The van der Waals surface area contributed by atoms with Crippen LogP contribution in [0.1, 0.15) is 17.7 Å². The topological polar surface area (TPSA) is 65.6 Å². The van der Waals surface area contributed by atoms with Crippen molar-refractivity contribution >= 4 is 16.8 Å². The number of amides is 1. The largest absolute Gasteiger partial charge is 0.394 e. The van der Waals surface area contributed by atoms with Crippen LogP contribution in [0.3, 0.4) is 0 Å². The fraction of sp³-hybridized carbons (Fsp3) is 0.438. The number of aliphatic hydroxyl groups is 1. The van der Waals surface area contributed by atoms with E-state index in [4.69, 9.17) is 4.74 Å². The van der Waals surface area contributed by atoms with Crippen molar-refractivity contribution in [2.24, 2.45) is 0 Å². The molecule has 21 heavy (non-hydrogen) atoms. The van der Waals surface area contributed by atoms with Crippen LogP contribution in [-0.4, -0.2) is 47.3 Å². The number of carbonyl (C=O) groups excluding carboxylic acids is 1. The molecule has 1 unspecified atom stereocenters. The highest BCUT2D eigenvalue weighted by atomic mass is 16.5. The molecule has 0 fully saturated rings. The van der Waals surface area contributed by atoms with E-state index in [1.807, 2.05) is 18.2 Å². The molecule has 5 heteroatoms. The Hall–Kier alpha value is -1.85. The third-order valence-corrected chi connectivity index (χ3v) is 4.16. The molecule has 1 amide bonds. The smallest absolute Gasteiger partial charge is 0.225 e. The third-order valence-electron chi connectivity index (χ3n) is 4.16. The summed E-state index contributed by atoms with van der Waals surface area (Å²) in [5, 5.41) is 10.8. The highest BCUT2D eigenvalue weighted by molar-refractivity contribution is 5.86. The quantitative estimate of drug-likeness (QED) is 0.895. The van der Waals surface area contributed by atoms with Gasteiger partial charge in [-0.15, -0.1) is 0 Å². The molecule has 0 bridgehead atoms. The summed E-state index contributed by atoms with van der Waals surface area (Å²) in [6, 6.07) is 7.98. The lowest BCUT2D eigenvalue weighted by Crippen LogP contribution is -2.46. The van der Waals surface area contributed by atoms with Gasteiger partial charge < -0.3 is 19.7 Å². The second kappa shape index (κ2) is 5.87. The third kappa shape index (κ3) is 2.54. The van der Waals surface area contributed by atoms with E-state index in [0.29, 0.717) is 26.0 Å². The van der Waals surface area contributed by atoms with Crippen LogP contribution in [0.25, 0.3) is 10.9 Å². The minimum Gasteiger partial charge on any atom is -0.394 e. The second-order valence-corrected chi connectivity index (χ2v) is 5.43. The van der Waals surface area contributed by atoms with Crippen molar-refractivity contribution in [3.05, 3.63) is 35.5 Å². The molecule has 1 aliphatic rings. The van der Waals surface area contributed by atoms with Gasteiger partial charge in [-0.25, -0.2) is 0 Å². The predicted molar refractivity (Wildman–Crippen MR) is 79.9 cm³/mol. The summed E-state index contributed by atoms with van der Waals surface area (Å²) in [5.74, 6) is 0.0280. The fourth-order valence-corrected chi connectivity index (χ4v) is 3.06. The Balaban J connectivity index is 1.91. The summed E-state index contributed by atoms with van der Waals surface area (Å²) >= 11 is 0. The molecule has 0 saturated heterocycles. The minimum absolute atomic E-state index is 0.0162. The zero-order valence-corrected chi connectivity index (χ0v) is 12.1. The molecule has 112 valence electrons. The van der Waals surface area contributed by atoms with Crippen molar-refractivity contribution in [2.75, 3.05) is 20.3 Å². The molecule has 2 N–H and O–H groups in total. The maximum absolute atomic E-state index is 12.3. The number of methoxy groups -OCH3 is 1. The SMILES string of the molecule is COCCC(=O)N1Cc2[nH]c3ccccc3c2CC1CO. The number of benzene rings is 1. The summed E-state index contributed by atoms with van der Waals surface area (Å²) in [6.07, 6.45) is 1.04. The maximum Gasteiger partial charge on any atom is 0.225 e. The van der Waals surface area contributed by atoms with Crippen molar-refractivity contribution in [3.8, 4) is 0 Å². The van der Waals surface area contributed by atoms with E-state index in [0.717, 1.165) is 11.2 Å². The van der Waals surface area contributed by atoms with Gasteiger partial charge in [-0.05, 0) is 18.1 Å². The second-order valence-electron chi connectivity index (χ2n) is 5.43. The van der Waals surface area contributed by atoms with Crippen LogP contribution in [0.15, 0.2) is 24.3 Å². The van der Waals surface area contributed by atoms with Gasteiger partial charge in [-0.1, -0.05) is 18.2 Å². The van der Waals surface area contributed by atoms with Crippen molar-refractivity contribution < 1.29 is 14.6 Å². The molecule has 5 nitrogen and oxygen atoms in total. The number of hydrogen-bond donors (Lipinski definition) is 2. The van der Waals surface area contributed by atoms with E-state index < -0.39 is 0 Å². The number of aliphatic hydroxyl groups excluding tert-OH is 1. The normalized spacial score (nSPS) is 18.0. The monoisotopic (exact) mass is 288 g/mol. The number of nitrogens with zero attached hydrogens (tertiary/aromatic N) is 1. The predicted octanol–water partition coefficient (Wildman–Crippen LogP) is 1.45. The molecular weight excluding hydrogens is 268 g/mol. The van der Waals surface area contributed by atoms with Gasteiger partial charge >= 0.3 is 0 Å². The van der Waals surface area contributed by atoms with Crippen molar-refractivity contribution in [2.45, 2.75) is 25.4 Å². The number of fused-ring (bicyclic) bond motifs is 3. The number of para-hydroxylation sites is 1. The van der Waals surface area contributed by atoms with Crippen LogP contribution in [0, 0.1) is 0 Å². The number of nitrogens with one attached hydrogen (secondary N) is 1. The van der Waals surface area contributed by atoms with Gasteiger partial charge in [-0.3, -0.25) is 4.79 Å². The molecular formula is C16H20N2O3. The molecule has 2 heterocycles. The lowest BCUT2D eigenvalue weighted by atomic mass is 9.96. The molecule has 1 atom stereocenters. The first-order chi connectivity index (χ1) is 10.2. The Morgan fingerprint density at radius 2 is 2.29 bits per heavy atom. The molecule has 1 aromatic carbocycles. The van der Waals surface area contributed by atoms with Crippen LogP contribution in [-0.2, 0) is 22.5 Å². The summed E-state index contributed by atoms with van der Waals surface area (Å²) < 4.78 is 4.97. The van der Waals surface area contributed by atoms with Crippen molar-refractivity contribution in [3.63, 3.8) is 0 Å². The fourth-order valence-electron chi connectivity index (χ4n) is 3.06. The Morgan fingerprint density at radius 1 is 1.48 bits per heavy atom. The van der Waals surface area contributed by atoms with Gasteiger partial charge in [0.2, 0.25) is 5.91 Å². The minimum atomic E-state index is -0.152. The van der Waals surface area contributed by atoms with Gasteiger partial charge in [0.1, 0.15) is 0 Å². The van der Waals surface area contributed by atoms with Crippen LogP contribution in [0.5, 0.6) is 0 Å². The Morgan fingerprint density at radius 3 is 3.05 bits per heavy atom. The zero-order chi connectivity index (χ0) is 14.8. The first-order valence-electron chi connectivity index (χ1n) is 7.22. The van der Waals surface area contributed by atoms with Crippen LogP contribution in [0.2, 0.25) is 0 Å². The number of rotatable bonds is 4. The average molecular weight is 288 g/mol. The Kier molecular flexibility index (Phi) is 3.94. The lowest BCUT2D eigenvalue weighted by molar-refractivity contribution is -0.136. The molecule has 1 aliphatic heterocycles. The van der Waals surface area contributed by atoms with E-state index in [1.54, 1.807) is 12.0 Å². The zero-order valence-electron chi connectivity index (χ0n) is 12.1. The van der Waals surface area contributed by atoms with E-state index in [2.05, 4.69) is 11.1 Å². The van der Waals surface area contributed by atoms with Crippen molar-refractivity contribution in [1.82, 2.24) is 9.88 Å². The highest BCUT2D eigenvalue weighted by Crippen LogP contribution is 2.30. The first kappa shape index (κ1) is 14.1. The highest BCUT2D eigenvalue weighted by Gasteiger charge is 2.31. The molecule has 0 radical (unpaired) electrons. The van der Waals surface area contributed by atoms with Crippen molar-refractivity contribution in [1.29, 1.82) is 0 Å². The van der Waals surface area contributed by atoms with E-state index >= 15 is 0 Å². The summed E-state index contributed by atoms with van der Waals surface area (Å²) in [5.41, 5.74) is 3.39. The summed E-state index contributed by atoms with van der Waals surface area (Å²) in [7, 11) is 1.59. The van der Waals surface area contributed by atoms with Gasteiger partial charge in [-0.2, -0.15) is 0 Å². The number of aromatic amines is 1. The van der Waals surface area contributed by atoms with E-state index in [-0.39, 0.29) is 18.6 Å². The standard InChI is InChI=1S/C16H20N2O3/c1-21-7-6-16(20)18-9-15-13(8-11(18)10-19)12-4-2-3-5-14(12)17-15/h2-5,11,17,19H,6-10H2,1H3. The summed E-state index contributed by atoms with van der Waals surface area (Å²) in [4.78, 5) is 17.4. The van der Waals surface area contributed by atoms with Crippen LogP contribution >= 0.6 is 0 Å². The molecule has 0 spiro atoms. The number of carbonyl (C=O) groups is 1. The van der Waals surface area contributed by atoms with Gasteiger partial charge in [0.05, 0.1) is 32.2 Å². The molecule has 3 rings (SSSR count). The molecule has 1 aromatic heterocycles. The average Bonchev–Trinajstić information content (AvgIpc) is 2.88. The Labute approximate surface area is 123 Å². The maximum atomic E-state index is 12.3. The van der Waals surface area contributed by atoms with E-state index in [1.165, 1.54) is 10.9 Å².